The number of benzene rings is 2. The van der Waals surface area contributed by atoms with Crippen LogP contribution in [0.3, 0.4) is 0 Å². The zero-order valence-corrected chi connectivity index (χ0v) is 17.9. The maximum atomic E-state index is 13.0. The van der Waals surface area contributed by atoms with Gasteiger partial charge in [0.1, 0.15) is 0 Å². The minimum Gasteiger partial charge on any atom is -0.846 e. The highest BCUT2D eigenvalue weighted by Gasteiger charge is 2.41. The van der Waals surface area contributed by atoms with E-state index in [0.717, 1.165) is 11.4 Å². The van der Waals surface area contributed by atoms with Crippen molar-refractivity contribution in [2.45, 2.75) is 62.8 Å². The molecule has 5 rings (SSSR count). The summed E-state index contributed by atoms with van der Waals surface area (Å²) in [5, 5.41) is 33.0. The Labute approximate surface area is 178 Å². The van der Waals surface area contributed by atoms with E-state index >= 15 is 0 Å². The van der Waals surface area contributed by atoms with Gasteiger partial charge in [-0.15, -0.1) is 0 Å². The van der Waals surface area contributed by atoms with Gasteiger partial charge in [0.2, 0.25) is 0 Å². The molecule has 4 heteroatoms. The molecule has 2 heterocycles. The van der Waals surface area contributed by atoms with E-state index in [1.165, 1.54) is 11.1 Å². The molecule has 1 saturated carbocycles. The van der Waals surface area contributed by atoms with E-state index < -0.39 is 12.2 Å². The van der Waals surface area contributed by atoms with E-state index in [9.17, 15) is 10.2 Å². The van der Waals surface area contributed by atoms with Crippen LogP contribution in [0.4, 0.5) is 11.4 Å². The third-order valence-electron chi connectivity index (χ3n) is 7.35. The lowest BCUT2D eigenvalue weighted by molar-refractivity contribution is -0.464. The van der Waals surface area contributed by atoms with Crippen LogP contribution in [-0.4, -0.2) is 24.3 Å². The number of nitrogens with one attached hydrogen (secondary N) is 2. The Kier molecular flexibility index (Phi) is 4.18. The first-order valence-corrected chi connectivity index (χ1v) is 10.7. The van der Waals surface area contributed by atoms with Gasteiger partial charge in [0.05, 0.1) is 12.1 Å². The zero-order valence-electron chi connectivity index (χ0n) is 17.9. The minimum absolute atomic E-state index is 0.0512. The summed E-state index contributed by atoms with van der Waals surface area (Å²) in [7, 11) is 0. The van der Waals surface area contributed by atoms with Crippen LogP contribution in [0.2, 0.25) is 0 Å². The Balaban J connectivity index is 1.39. The van der Waals surface area contributed by atoms with Crippen molar-refractivity contribution in [3.05, 3.63) is 83.0 Å². The van der Waals surface area contributed by atoms with Gasteiger partial charge in [0, 0.05) is 22.2 Å². The summed E-state index contributed by atoms with van der Waals surface area (Å²) in [6.45, 7) is 8.63. The molecular weight excluding hydrogens is 372 g/mol. The van der Waals surface area contributed by atoms with Gasteiger partial charge in [-0.25, -0.2) is 0 Å². The Morgan fingerprint density at radius 1 is 0.667 bits per heavy atom. The van der Waals surface area contributed by atoms with Crippen molar-refractivity contribution in [3.8, 4) is 0 Å². The largest absolute Gasteiger partial charge is 0.846 e. The van der Waals surface area contributed by atoms with E-state index in [-0.39, 0.29) is 22.9 Å². The van der Waals surface area contributed by atoms with Crippen molar-refractivity contribution in [1.29, 1.82) is 0 Å². The molecule has 2 aliphatic heterocycles. The van der Waals surface area contributed by atoms with Crippen LogP contribution < -0.4 is 20.8 Å². The maximum Gasteiger partial charge on any atom is 0.0538 e. The van der Waals surface area contributed by atoms with Crippen LogP contribution in [0.25, 0.3) is 0 Å². The molecule has 30 heavy (non-hydrogen) atoms. The number of para-hydroxylation sites is 2. The molecule has 0 bridgehead atoms. The highest BCUT2D eigenvalue weighted by Crippen LogP contribution is 2.45. The molecule has 1 fully saturated rings. The molecule has 2 aromatic carbocycles. The molecule has 2 N–H and O–H groups in total. The number of hydrogen-bond donors (Lipinski definition) is 2. The normalized spacial score (nSPS) is 29.9. The van der Waals surface area contributed by atoms with E-state index in [2.05, 4.69) is 62.6 Å². The van der Waals surface area contributed by atoms with Gasteiger partial charge in [-0.1, -0.05) is 99.6 Å². The highest BCUT2D eigenvalue weighted by atomic mass is 16.3. The Hall–Kier alpha value is -2.56. The molecule has 156 valence electrons. The summed E-state index contributed by atoms with van der Waals surface area (Å²) in [6, 6.07) is 16.3. The Morgan fingerprint density at radius 3 is 1.40 bits per heavy atom. The van der Waals surface area contributed by atoms with E-state index in [4.69, 9.17) is 0 Å². The number of rotatable bonds is 2. The minimum atomic E-state index is -1.05. The van der Waals surface area contributed by atoms with Crippen LogP contribution in [0.5, 0.6) is 0 Å². The molecule has 2 atom stereocenters. The summed E-state index contributed by atoms with van der Waals surface area (Å²) in [6.07, 6.45) is 1.70. The summed E-state index contributed by atoms with van der Waals surface area (Å²) >= 11 is 0. The second-order valence-corrected chi connectivity index (χ2v) is 9.87. The van der Waals surface area contributed by atoms with Gasteiger partial charge in [-0.3, -0.25) is 0 Å². The summed E-state index contributed by atoms with van der Waals surface area (Å²) in [5.74, 6) is 0. The fourth-order valence-electron chi connectivity index (χ4n) is 5.17. The Morgan fingerprint density at radius 2 is 1.03 bits per heavy atom. The van der Waals surface area contributed by atoms with Gasteiger partial charge in [-0.05, 0) is 23.3 Å². The first kappa shape index (κ1) is 19.4. The molecule has 1 aliphatic carbocycles. The lowest BCUT2D eigenvalue weighted by Crippen LogP contribution is -2.57. The second-order valence-electron chi connectivity index (χ2n) is 9.87. The molecule has 0 radical (unpaired) electrons. The monoisotopic (exact) mass is 400 g/mol. The van der Waals surface area contributed by atoms with Gasteiger partial charge in [-0.2, -0.15) is 0 Å². The van der Waals surface area contributed by atoms with Crippen LogP contribution in [-0.2, 0) is 10.8 Å². The van der Waals surface area contributed by atoms with Gasteiger partial charge < -0.3 is 20.8 Å². The van der Waals surface area contributed by atoms with Gasteiger partial charge >= 0.3 is 0 Å². The van der Waals surface area contributed by atoms with Crippen molar-refractivity contribution >= 4 is 11.4 Å². The highest BCUT2D eigenvalue weighted by molar-refractivity contribution is 5.65. The van der Waals surface area contributed by atoms with E-state index in [0.29, 0.717) is 11.1 Å². The summed E-state index contributed by atoms with van der Waals surface area (Å²) in [5.41, 5.74) is 5.21. The predicted octanol–water partition coefficient (Wildman–Crippen LogP) is 2.85. The molecule has 0 spiro atoms. The molecule has 2 aromatic rings. The predicted molar refractivity (Wildman–Crippen MR) is 117 cm³/mol. The van der Waals surface area contributed by atoms with Crippen LogP contribution in [0.1, 0.15) is 38.8 Å². The topological polar surface area (TPSA) is 70.2 Å². The average molecular weight is 401 g/mol. The van der Waals surface area contributed by atoms with Crippen molar-refractivity contribution in [1.82, 2.24) is 0 Å². The number of anilines is 2. The van der Waals surface area contributed by atoms with E-state index in [1.807, 2.05) is 36.4 Å². The van der Waals surface area contributed by atoms with Crippen molar-refractivity contribution < 1.29 is 10.2 Å². The third-order valence-corrected chi connectivity index (χ3v) is 7.35. The van der Waals surface area contributed by atoms with Crippen molar-refractivity contribution in [3.63, 3.8) is 0 Å². The molecule has 0 aromatic heterocycles. The van der Waals surface area contributed by atoms with E-state index in [1.54, 1.807) is 0 Å². The fourth-order valence-corrected chi connectivity index (χ4v) is 5.17. The average Bonchev–Trinajstić information content (AvgIpc) is 3.14. The van der Waals surface area contributed by atoms with Gasteiger partial charge in [0.15, 0.2) is 0 Å². The SMILES string of the molecule is CC1(C)c2ccccc2NC1C=C1C([O-])C(=CC2Nc3ccccc3C2(C)C)C1[O-]. The molecule has 2 unspecified atom stereocenters. The number of hydrogen-bond acceptors (Lipinski definition) is 4. The Bertz CT molecular complexity index is 969. The lowest BCUT2D eigenvalue weighted by Gasteiger charge is -2.53. The zero-order chi connectivity index (χ0) is 21.3. The van der Waals surface area contributed by atoms with Crippen LogP contribution in [0.15, 0.2) is 71.8 Å². The second kappa shape index (κ2) is 6.47. The lowest BCUT2D eigenvalue weighted by atomic mass is 9.72. The van der Waals surface area contributed by atoms with Gasteiger partial charge in [0.25, 0.3) is 0 Å². The summed E-state index contributed by atoms with van der Waals surface area (Å²) < 4.78 is 0. The van der Waals surface area contributed by atoms with Crippen LogP contribution >= 0.6 is 0 Å². The number of fused-ring (bicyclic) bond motifs is 2. The smallest absolute Gasteiger partial charge is 0.0538 e. The fraction of sp³-hybridized carbons (Fsp3) is 0.385. The quantitative estimate of drug-likeness (QED) is 0.761. The van der Waals surface area contributed by atoms with Crippen molar-refractivity contribution in [2.24, 2.45) is 0 Å². The maximum absolute atomic E-state index is 13.0. The first-order valence-electron chi connectivity index (χ1n) is 10.7. The standard InChI is InChI=1S/C26H28N2O2/c1-25(2)17-9-5-7-11-19(17)27-21(25)13-15-23(29)16(24(15)30)14-22-26(3,4)18-10-6-8-12-20(18)28-22/h5-14,21-24,27-28H,1-4H3/q-2. The molecule has 4 nitrogen and oxygen atoms in total. The molecule has 3 aliphatic rings. The first-order chi connectivity index (χ1) is 14.2. The summed E-state index contributed by atoms with van der Waals surface area (Å²) in [4.78, 5) is 0. The molecular formula is C26H28N2O2-2. The molecule has 0 saturated heterocycles. The van der Waals surface area contributed by atoms with Crippen molar-refractivity contribution in [2.75, 3.05) is 10.6 Å². The molecule has 0 amide bonds. The third kappa shape index (κ3) is 2.67. The van der Waals surface area contributed by atoms with Crippen LogP contribution in [0, 0.1) is 0 Å².